The van der Waals surface area contributed by atoms with Crippen LogP contribution >= 0.6 is 0 Å². The molecule has 9 nitrogen and oxygen atoms in total. The highest BCUT2D eigenvalue weighted by molar-refractivity contribution is 5.93. The number of carbonyl (C=O) groups is 2. The Bertz CT molecular complexity index is 1080. The molecule has 0 aliphatic rings. The number of carbonyl (C=O) groups excluding carboxylic acids is 2. The molecule has 3 aromatic rings. The molecule has 0 saturated heterocycles. The van der Waals surface area contributed by atoms with E-state index in [0.717, 1.165) is 11.1 Å². The Labute approximate surface area is 197 Å². The summed E-state index contributed by atoms with van der Waals surface area (Å²) >= 11 is 0. The first-order valence-electron chi connectivity index (χ1n) is 11.1. The predicted octanol–water partition coefficient (Wildman–Crippen LogP) is 2.88. The lowest BCUT2D eigenvalue weighted by Gasteiger charge is -2.17. The third-order valence-corrected chi connectivity index (χ3v) is 5.47. The lowest BCUT2D eigenvalue weighted by atomic mass is 9.98. The molecule has 180 valence electrons. The number of urea groups is 1. The quantitative estimate of drug-likeness (QED) is 0.321. The standard InChI is InChI=1S/C24H29FN6O3/c1-16(13-17-4-8-19(25)9-5-17)21-14-31(30-29-21)22(3-2-12-27-24(26)34)23(33)28-20-10-6-18(15-32)7-11-20/h4-11,14,16,22,32H,2-3,12-13,15H2,1H3,(H,28,33)(H3,26,27,34)/t16-,22+/m1/s1. The van der Waals surface area contributed by atoms with Crippen molar-refractivity contribution in [2.45, 2.75) is 44.8 Å². The summed E-state index contributed by atoms with van der Waals surface area (Å²) in [5, 5.41) is 23.0. The third-order valence-electron chi connectivity index (χ3n) is 5.47. The minimum Gasteiger partial charge on any atom is -0.392 e. The number of anilines is 1. The minimum absolute atomic E-state index is 0.00507. The molecule has 0 spiro atoms. The fourth-order valence-electron chi connectivity index (χ4n) is 3.56. The number of halogens is 1. The molecule has 0 aliphatic heterocycles. The fraction of sp³-hybridized carbons (Fsp3) is 0.333. The van der Waals surface area contributed by atoms with Gasteiger partial charge in [0.25, 0.3) is 0 Å². The topological polar surface area (TPSA) is 135 Å². The van der Waals surface area contributed by atoms with Gasteiger partial charge in [0, 0.05) is 24.3 Å². The zero-order valence-corrected chi connectivity index (χ0v) is 18.9. The van der Waals surface area contributed by atoms with Crippen LogP contribution in [0.1, 0.15) is 48.5 Å². The maximum Gasteiger partial charge on any atom is 0.312 e. The van der Waals surface area contributed by atoms with Gasteiger partial charge in [0.15, 0.2) is 0 Å². The van der Waals surface area contributed by atoms with Crippen molar-refractivity contribution in [1.29, 1.82) is 0 Å². The number of aliphatic hydroxyl groups is 1. The van der Waals surface area contributed by atoms with Crippen LogP contribution in [0.3, 0.4) is 0 Å². The van der Waals surface area contributed by atoms with Crippen LogP contribution in [-0.4, -0.2) is 38.6 Å². The minimum atomic E-state index is -0.661. The van der Waals surface area contributed by atoms with E-state index in [1.54, 1.807) is 42.6 Å². The number of nitrogens with one attached hydrogen (secondary N) is 2. The summed E-state index contributed by atoms with van der Waals surface area (Å²) in [7, 11) is 0. The SMILES string of the molecule is C[C@H](Cc1ccc(F)cc1)c1cn([C@@H](CCCNC(N)=O)C(=O)Nc2ccc(CO)cc2)nn1. The number of benzene rings is 2. The van der Waals surface area contributed by atoms with E-state index in [1.165, 1.54) is 16.8 Å². The average Bonchev–Trinajstić information content (AvgIpc) is 3.31. The summed E-state index contributed by atoms with van der Waals surface area (Å²) in [6.07, 6.45) is 3.30. The molecular weight excluding hydrogens is 439 g/mol. The van der Waals surface area contributed by atoms with E-state index in [2.05, 4.69) is 20.9 Å². The molecule has 0 saturated carbocycles. The summed E-state index contributed by atoms with van der Waals surface area (Å²) in [4.78, 5) is 24.1. The van der Waals surface area contributed by atoms with E-state index in [0.29, 0.717) is 37.2 Å². The summed E-state index contributed by atoms with van der Waals surface area (Å²) in [5.41, 5.74) is 8.13. The van der Waals surface area contributed by atoms with Gasteiger partial charge in [0.2, 0.25) is 5.91 Å². The monoisotopic (exact) mass is 468 g/mol. The van der Waals surface area contributed by atoms with Crippen molar-refractivity contribution in [3.8, 4) is 0 Å². The Balaban J connectivity index is 1.72. The maximum absolute atomic E-state index is 13.2. The highest BCUT2D eigenvalue weighted by Gasteiger charge is 2.23. The van der Waals surface area contributed by atoms with Crippen molar-refractivity contribution in [3.63, 3.8) is 0 Å². The summed E-state index contributed by atoms with van der Waals surface area (Å²) in [6, 6.07) is 11.9. The molecule has 10 heteroatoms. The summed E-state index contributed by atoms with van der Waals surface area (Å²) in [5.74, 6) is -0.558. The van der Waals surface area contributed by atoms with Crippen LogP contribution in [0.5, 0.6) is 0 Å². The number of nitrogens with zero attached hydrogens (tertiary/aromatic N) is 3. The fourth-order valence-corrected chi connectivity index (χ4v) is 3.56. The molecule has 3 rings (SSSR count). The molecule has 2 aromatic carbocycles. The molecule has 0 radical (unpaired) electrons. The second kappa shape index (κ2) is 11.9. The van der Waals surface area contributed by atoms with Gasteiger partial charge in [0.05, 0.1) is 12.3 Å². The number of rotatable bonds is 11. The Morgan fingerprint density at radius 3 is 2.44 bits per heavy atom. The van der Waals surface area contributed by atoms with Crippen molar-refractivity contribution < 1.29 is 19.1 Å². The van der Waals surface area contributed by atoms with E-state index in [9.17, 15) is 19.1 Å². The van der Waals surface area contributed by atoms with E-state index >= 15 is 0 Å². The first-order chi connectivity index (χ1) is 16.4. The van der Waals surface area contributed by atoms with E-state index < -0.39 is 12.1 Å². The molecule has 3 amide bonds. The van der Waals surface area contributed by atoms with Crippen LogP contribution in [0.15, 0.2) is 54.7 Å². The molecular formula is C24H29FN6O3. The zero-order valence-electron chi connectivity index (χ0n) is 18.9. The number of amides is 3. The van der Waals surface area contributed by atoms with Crippen molar-refractivity contribution >= 4 is 17.6 Å². The number of hydrogen-bond acceptors (Lipinski definition) is 5. The number of aromatic nitrogens is 3. The lowest BCUT2D eigenvalue weighted by Crippen LogP contribution is -2.31. The van der Waals surface area contributed by atoms with Crippen molar-refractivity contribution in [3.05, 3.63) is 77.4 Å². The highest BCUT2D eigenvalue weighted by atomic mass is 19.1. The van der Waals surface area contributed by atoms with E-state index in [-0.39, 0.29) is 24.2 Å². The Hall–Kier alpha value is -3.79. The molecule has 1 aromatic heterocycles. The van der Waals surface area contributed by atoms with Crippen molar-refractivity contribution in [1.82, 2.24) is 20.3 Å². The van der Waals surface area contributed by atoms with Gasteiger partial charge in [-0.25, -0.2) is 13.9 Å². The zero-order chi connectivity index (χ0) is 24.5. The van der Waals surface area contributed by atoms with Gasteiger partial charge in [-0.15, -0.1) is 5.10 Å². The highest BCUT2D eigenvalue weighted by Crippen LogP contribution is 2.22. The van der Waals surface area contributed by atoms with Crippen molar-refractivity contribution in [2.75, 3.05) is 11.9 Å². The maximum atomic E-state index is 13.2. The van der Waals surface area contributed by atoms with Gasteiger partial charge in [-0.1, -0.05) is 36.4 Å². The predicted molar refractivity (Wildman–Crippen MR) is 125 cm³/mol. The van der Waals surface area contributed by atoms with E-state index in [4.69, 9.17) is 5.73 Å². The number of primary amides is 1. The Morgan fingerprint density at radius 1 is 1.12 bits per heavy atom. The molecule has 2 atom stereocenters. The number of hydrogen-bond donors (Lipinski definition) is 4. The van der Waals surface area contributed by atoms with Crippen LogP contribution in [0.4, 0.5) is 14.9 Å². The molecule has 0 fully saturated rings. The van der Waals surface area contributed by atoms with Crippen LogP contribution in [0.25, 0.3) is 0 Å². The van der Waals surface area contributed by atoms with Gasteiger partial charge in [-0.05, 0) is 54.7 Å². The number of aliphatic hydroxyl groups excluding tert-OH is 1. The third kappa shape index (κ3) is 7.11. The van der Waals surface area contributed by atoms with Gasteiger partial charge in [-0.2, -0.15) is 0 Å². The van der Waals surface area contributed by atoms with Crippen molar-refractivity contribution in [2.24, 2.45) is 5.73 Å². The smallest absolute Gasteiger partial charge is 0.312 e. The Morgan fingerprint density at radius 2 is 1.79 bits per heavy atom. The first kappa shape index (κ1) is 24.8. The first-order valence-corrected chi connectivity index (χ1v) is 11.1. The molecule has 0 unspecified atom stereocenters. The molecule has 0 aliphatic carbocycles. The average molecular weight is 469 g/mol. The second-order valence-corrected chi connectivity index (χ2v) is 8.15. The van der Waals surface area contributed by atoms with Crippen LogP contribution in [-0.2, 0) is 17.8 Å². The lowest BCUT2D eigenvalue weighted by molar-refractivity contribution is -0.119. The van der Waals surface area contributed by atoms with Crippen LogP contribution in [0, 0.1) is 5.82 Å². The van der Waals surface area contributed by atoms with Crippen LogP contribution in [0.2, 0.25) is 0 Å². The Kier molecular flexibility index (Phi) is 8.69. The van der Waals surface area contributed by atoms with Gasteiger partial charge < -0.3 is 21.5 Å². The summed E-state index contributed by atoms with van der Waals surface area (Å²) < 4.78 is 14.7. The second-order valence-electron chi connectivity index (χ2n) is 8.15. The number of nitrogens with two attached hydrogens (primary N) is 1. The van der Waals surface area contributed by atoms with Gasteiger partial charge in [0.1, 0.15) is 11.9 Å². The molecule has 5 N–H and O–H groups in total. The molecule has 0 bridgehead atoms. The summed E-state index contributed by atoms with van der Waals surface area (Å²) in [6.45, 7) is 2.24. The normalized spacial score (nSPS) is 12.7. The molecule has 34 heavy (non-hydrogen) atoms. The largest absolute Gasteiger partial charge is 0.392 e. The molecule has 1 heterocycles. The van der Waals surface area contributed by atoms with Gasteiger partial charge in [-0.3, -0.25) is 4.79 Å². The van der Waals surface area contributed by atoms with Crippen LogP contribution < -0.4 is 16.4 Å². The van der Waals surface area contributed by atoms with Gasteiger partial charge >= 0.3 is 6.03 Å². The van der Waals surface area contributed by atoms with E-state index in [1.807, 2.05) is 6.92 Å².